The smallest absolute Gasteiger partial charge is 0.410 e. The molecule has 2 aromatic rings. The second kappa shape index (κ2) is 6.36. The van der Waals surface area contributed by atoms with Crippen LogP contribution in [-0.2, 0) is 6.54 Å². The van der Waals surface area contributed by atoms with Gasteiger partial charge in [-0.25, -0.2) is 9.78 Å². The number of ether oxygens (including phenoxy) is 1. The highest BCUT2D eigenvalue weighted by molar-refractivity contribution is 5.70. The predicted molar refractivity (Wildman–Crippen MR) is 75.9 cm³/mol. The summed E-state index contributed by atoms with van der Waals surface area (Å²) in [4.78, 5) is 16.0. The van der Waals surface area contributed by atoms with Crippen molar-refractivity contribution in [3.63, 3.8) is 0 Å². The first-order valence-electron chi connectivity index (χ1n) is 6.94. The number of hydrogen-bond donors (Lipinski definition) is 3. The number of nitrogens with one attached hydrogen (secondary N) is 3. The molecule has 1 saturated heterocycles. The predicted octanol–water partition coefficient (Wildman–Crippen LogP) is 1.17. The van der Waals surface area contributed by atoms with Gasteiger partial charge in [-0.1, -0.05) is 18.2 Å². The van der Waals surface area contributed by atoms with Gasteiger partial charge in [-0.05, 0) is 25.1 Å². The van der Waals surface area contributed by atoms with E-state index in [2.05, 4.69) is 25.8 Å². The molecule has 1 fully saturated rings. The molecule has 2 heterocycles. The fourth-order valence-electron chi connectivity index (χ4n) is 2.23. The van der Waals surface area contributed by atoms with Gasteiger partial charge in [-0.15, -0.1) is 0 Å². The maximum absolute atomic E-state index is 11.6. The summed E-state index contributed by atoms with van der Waals surface area (Å²) in [6.07, 6.45) is 0.530. The van der Waals surface area contributed by atoms with Crippen molar-refractivity contribution in [1.82, 2.24) is 25.8 Å². The molecule has 3 rings (SSSR count). The maximum atomic E-state index is 11.6. The highest BCUT2D eigenvalue weighted by Gasteiger charge is 2.20. The van der Waals surface area contributed by atoms with Crippen molar-refractivity contribution in [2.75, 3.05) is 13.1 Å². The fraction of sp³-hybridized carbons (Fsp3) is 0.357. The quantitative estimate of drug-likeness (QED) is 0.785. The summed E-state index contributed by atoms with van der Waals surface area (Å²) in [5.74, 6) is 2.28. The van der Waals surface area contributed by atoms with Crippen molar-refractivity contribution in [2.45, 2.75) is 18.9 Å². The minimum Gasteiger partial charge on any atom is -0.410 e. The number of H-pyrrole nitrogens is 1. The third-order valence-electron chi connectivity index (χ3n) is 3.33. The number of para-hydroxylation sites is 1. The molecular weight excluding hydrogens is 270 g/mol. The first-order chi connectivity index (χ1) is 10.3. The monoisotopic (exact) mass is 287 g/mol. The van der Waals surface area contributed by atoms with Crippen molar-refractivity contribution in [2.24, 2.45) is 0 Å². The first kappa shape index (κ1) is 13.6. The van der Waals surface area contributed by atoms with E-state index in [1.165, 1.54) is 0 Å². The number of aromatic amines is 1. The topological polar surface area (TPSA) is 91.9 Å². The molecule has 1 atom stereocenters. The number of aromatic nitrogens is 3. The van der Waals surface area contributed by atoms with Gasteiger partial charge in [0.05, 0.1) is 6.54 Å². The summed E-state index contributed by atoms with van der Waals surface area (Å²) in [5.41, 5.74) is 0. The van der Waals surface area contributed by atoms with Gasteiger partial charge in [0, 0.05) is 12.5 Å². The number of amides is 1. The molecule has 1 aromatic carbocycles. The van der Waals surface area contributed by atoms with Gasteiger partial charge >= 0.3 is 6.09 Å². The molecule has 21 heavy (non-hydrogen) atoms. The number of carbonyl (C=O) groups excluding carboxylic acids is 1. The van der Waals surface area contributed by atoms with Crippen LogP contribution in [0, 0.1) is 0 Å². The lowest BCUT2D eigenvalue weighted by Gasteiger charge is -2.04. The summed E-state index contributed by atoms with van der Waals surface area (Å²) >= 11 is 0. The molecule has 7 nitrogen and oxygen atoms in total. The lowest BCUT2D eigenvalue weighted by atomic mass is 10.1. The van der Waals surface area contributed by atoms with Crippen LogP contribution in [0.1, 0.15) is 24.0 Å². The first-order valence-corrected chi connectivity index (χ1v) is 6.94. The molecule has 110 valence electrons. The standard InChI is InChI=1S/C14H17N5O2/c20-14(21-11-4-2-1-3-5-11)16-9-12-17-13(19-18-12)10-6-7-15-8-10/h1-5,10,15H,6-9H2,(H,16,20)(H,17,18,19)/t10-/m1/s1. The lowest BCUT2D eigenvalue weighted by molar-refractivity contribution is 0.199. The van der Waals surface area contributed by atoms with Gasteiger partial charge < -0.3 is 15.4 Å². The van der Waals surface area contributed by atoms with Crippen molar-refractivity contribution < 1.29 is 9.53 Å². The molecule has 0 spiro atoms. The van der Waals surface area contributed by atoms with E-state index in [0.717, 1.165) is 25.3 Å². The Hall–Kier alpha value is -2.41. The Morgan fingerprint density at radius 1 is 1.38 bits per heavy atom. The Kier molecular flexibility index (Phi) is 4.11. The number of carbonyl (C=O) groups is 1. The zero-order chi connectivity index (χ0) is 14.5. The van der Waals surface area contributed by atoms with Crippen LogP contribution in [0.25, 0.3) is 0 Å². The molecule has 1 aromatic heterocycles. The van der Waals surface area contributed by atoms with Crippen LogP contribution < -0.4 is 15.4 Å². The molecule has 0 unspecified atom stereocenters. The Morgan fingerprint density at radius 3 is 3.00 bits per heavy atom. The Bertz CT molecular complexity index is 592. The van der Waals surface area contributed by atoms with Crippen molar-refractivity contribution in [3.8, 4) is 5.75 Å². The summed E-state index contributed by atoms with van der Waals surface area (Å²) in [5, 5.41) is 12.9. The normalized spacial score (nSPS) is 17.6. The van der Waals surface area contributed by atoms with E-state index in [1.54, 1.807) is 24.3 Å². The summed E-state index contributed by atoms with van der Waals surface area (Å²) in [6, 6.07) is 8.92. The molecule has 0 aliphatic carbocycles. The molecule has 1 aliphatic heterocycles. The summed E-state index contributed by atoms with van der Waals surface area (Å²) in [7, 11) is 0. The Labute approximate surface area is 122 Å². The lowest BCUT2D eigenvalue weighted by Crippen LogP contribution is -2.26. The van der Waals surface area contributed by atoms with Crippen LogP contribution in [0.15, 0.2) is 30.3 Å². The molecule has 1 amide bonds. The van der Waals surface area contributed by atoms with E-state index < -0.39 is 6.09 Å². The van der Waals surface area contributed by atoms with Gasteiger partial charge in [0.2, 0.25) is 0 Å². The largest absolute Gasteiger partial charge is 0.412 e. The van der Waals surface area contributed by atoms with Crippen LogP contribution in [0.2, 0.25) is 0 Å². The second-order valence-electron chi connectivity index (χ2n) is 4.89. The van der Waals surface area contributed by atoms with Crippen LogP contribution in [0.4, 0.5) is 4.79 Å². The van der Waals surface area contributed by atoms with Gasteiger partial charge in [-0.2, -0.15) is 5.10 Å². The molecule has 0 bridgehead atoms. The van der Waals surface area contributed by atoms with Crippen LogP contribution >= 0.6 is 0 Å². The van der Waals surface area contributed by atoms with Gasteiger partial charge in [0.1, 0.15) is 11.6 Å². The van der Waals surface area contributed by atoms with Crippen molar-refractivity contribution >= 4 is 6.09 Å². The number of benzene rings is 1. The van der Waals surface area contributed by atoms with Crippen LogP contribution in [-0.4, -0.2) is 34.4 Å². The van der Waals surface area contributed by atoms with Gasteiger partial charge in [0.15, 0.2) is 5.82 Å². The highest BCUT2D eigenvalue weighted by atomic mass is 16.6. The Morgan fingerprint density at radius 2 is 2.24 bits per heavy atom. The number of nitrogens with zero attached hydrogens (tertiary/aromatic N) is 2. The molecule has 7 heteroatoms. The van der Waals surface area contributed by atoms with E-state index in [1.807, 2.05) is 6.07 Å². The van der Waals surface area contributed by atoms with E-state index >= 15 is 0 Å². The summed E-state index contributed by atoms with van der Waals surface area (Å²) < 4.78 is 5.12. The fourth-order valence-corrected chi connectivity index (χ4v) is 2.23. The maximum Gasteiger partial charge on any atom is 0.412 e. The zero-order valence-corrected chi connectivity index (χ0v) is 11.5. The van der Waals surface area contributed by atoms with Crippen molar-refractivity contribution in [1.29, 1.82) is 0 Å². The van der Waals surface area contributed by atoms with E-state index in [9.17, 15) is 4.79 Å². The number of rotatable bonds is 4. The number of hydrogen-bond acceptors (Lipinski definition) is 5. The molecule has 3 N–H and O–H groups in total. The third kappa shape index (κ3) is 3.57. The summed E-state index contributed by atoms with van der Waals surface area (Å²) in [6.45, 7) is 2.16. The van der Waals surface area contributed by atoms with Crippen LogP contribution in [0.3, 0.4) is 0 Å². The average molecular weight is 287 g/mol. The van der Waals surface area contributed by atoms with Crippen LogP contribution in [0.5, 0.6) is 5.75 Å². The van der Waals surface area contributed by atoms with E-state index in [0.29, 0.717) is 17.5 Å². The van der Waals surface area contributed by atoms with Gasteiger partial charge in [-0.3, -0.25) is 5.10 Å². The molecule has 0 radical (unpaired) electrons. The molecule has 1 aliphatic rings. The van der Waals surface area contributed by atoms with E-state index in [-0.39, 0.29) is 6.54 Å². The Balaban J connectivity index is 1.49. The van der Waals surface area contributed by atoms with Gasteiger partial charge in [0.25, 0.3) is 0 Å². The SMILES string of the molecule is O=C(NCc1nc([C@@H]2CCNC2)n[nH]1)Oc1ccccc1. The highest BCUT2D eigenvalue weighted by Crippen LogP contribution is 2.18. The van der Waals surface area contributed by atoms with Crippen molar-refractivity contribution in [3.05, 3.63) is 42.0 Å². The minimum atomic E-state index is -0.512. The zero-order valence-electron chi connectivity index (χ0n) is 11.5. The second-order valence-corrected chi connectivity index (χ2v) is 4.89. The average Bonchev–Trinajstić information content (AvgIpc) is 3.17. The molecular formula is C14H17N5O2. The minimum absolute atomic E-state index is 0.263. The molecule has 0 saturated carbocycles. The third-order valence-corrected chi connectivity index (χ3v) is 3.33. The van der Waals surface area contributed by atoms with E-state index in [4.69, 9.17) is 4.74 Å².